The van der Waals surface area contributed by atoms with Gasteiger partial charge in [0, 0.05) is 37.6 Å². The molecule has 1 N–H and O–H groups in total. The maximum atomic E-state index is 13.1. The van der Waals surface area contributed by atoms with Crippen molar-refractivity contribution in [2.45, 2.75) is 45.3 Å². The summed E-state index contributed by atoms with van der Waals surface area (Å²) >= 11 is 0. The van der Waals surface area contributed by atoms with Crippen LogP contribution in [0.3, 0.4) is 0 Å². The SMILES string of the molecule is CC(C)Oc1ccc2cc(C(=O)N3CCC4(CC3)CC(O)CN(C)C4)c(=O)oc2c1. The van der Waals surface area contributed by atoms with Gasteiger partial charge in [0.25, 0.3) is 5.91 Å². The molecule has 30 heavy (non-hydrogen) atoms. The highest BCUT2D eigenvalue weighted by Crippen LogP contribution is 2.39. The fraction of sp³-hybridized carbons (Fsp3) is 0.565. The molecule has 0 bridgehead atoms. The van der Waals surface area contributed by atoms with Gasteiger partial charge in [0.05, 0.1) is 12.2 Å². The topological polar surface area (TPSA) is 83.2 Å². The number of ether oxygens (including phenoxy) is 1. The first-order valence-electron chi connectivity index (χ1n) is 10.7. The van der Waals surface area contributed by atoms with Crippen LogP contribution in [-0.2, 0) is 0 Å². The molecule has 2 aromatic rings. The van der Waals surface area contributed by atoms with Crippen molar-refractivity contribution in [2.75, 3.05) is 33.2 Å². The number of amides is 1. The van der Waals surface area contributed by atoms with Crippen LogP contribution >= 0.6 is 0 Å². The van der Waals surface area contributed by atoms with Crippen LogP contribution in [0, 0.1) is 5.41 Å². The van der Waals surface area contributed by atoms with Crippen LogP contribution in [0.2, 0.25) is 0 Å². The average molecular weight is 415 g/mol. The van der Waals surface area contributed by atoms with Gasteiger partial charge < -0.3 is 24.1 Å². The van der Waals surface area contributed by atoms with Gasteiger partial charge in [-0.3, -0.25) is 4.79 Å². The number of hydrogen-bond acceptors (Lipinski definition) is 6. The Labute approximate surface area is 176 Å². The second-order valence-electron chi connectivity index (χ2n) is 9.16. The van der Waals surface area contributed by atoms with Gasteiger partial charge in [-0.05, 0) is 63.8 Å². The van der Waals surface area contributed by atoms with Crippen molar-refractivity contribution < 1.29 is 19.1 Å². The summed E-state index contributed by atoms with van der Waals surface area (Å²) in [5, 5.41) is 10.9. The number of carbonyl (C=O) groups is 1. The summed E-state index contributed by atoms with van der Waals surface area (Å²) in [6, 6.07) is 6.91. The van der Waals surface area contributed by atoms with Crippen LogP contribution in [0.5, 0.6) is 5.75 Å². The van der Waals surface area contributed by atoms with E-state index in [1.54, 1.807) is 23.1 Å². The highest BCUT2D eigenvalue weighted by Gasteiger charge is 2.41. The maximum Gasteiger partial charge on any atom is 0.349 e. The first-order valence-corrected chi connectivity index (χ1v) is 10.7. The van der Waals surface area contributed by atoms with Gasteiger partial charge in [-0.1, -0.05) is 0 Å². The van der Waals surface area contributed by atoms with E-state index >= 15 is 0 Å². The summed E-state index contributed by atoms with van der Waals surface area (Å²) in [4.78, 5) is 29.5. The molecule has 2 aliphatic heterocycles. The van der Waals surface area contributed by atoms with E-state index < -0.39 is 5.63 Å². The van der Waals surface area contributed by atoms with Crippen LogP contribution in [-0.4, -0.2) is 66.2 Å². The Morgan fingerprint density at radius 3 is 2.67 bits per heavy atom. The molecule has 7 nitrogen and oxygen atoms in total. The molecule has 1 unspecified atom stereocenters. The minimum atomic E-state index is -0.623. The van der Waals surface area contributed by atoms with Crippen molar-refractivity contribution in [3.63, 3.8) is 0 Å². The molecule has 0 saturated carbocycles. The third-order valence-electron chi connectivity index (χ3n) is 6.22. The number of benzene rings is 1. The van der Waals surface area contributed by atoms with E-state index in [1.165, 1.54) is 0 Å². The zero-order chi connectivity index (χ0) is 21.5. The Bertz CT molecular complexity index is 979. The first kappa shape index (κ1) is 20.9. The van der Waals surface area contributed by atoms with E-state index in [-0.39, 0.29) is 29.1 Å². The minimum absolute atomic E-state index is 0.0162. The molecule has 0 radical (unpaired) electrons. The molecule has 1 aromatic carbocycles. The Morgan fingerprint density at radius 1 is 1.27 bits per heavy atom. The van der Waals surface area contributed by atoms with Crippen LogP contribution in [0.1, 0.15) is 43.5 Å². The number of hydrogen-bond donors (Lipinski definition) is 1. The van der Waals surface area contributed by atoms with Crippen LogP contribution in [0.25, 0.3) is 11.0 Å². The number of nitrogens with zero attached hydrogens (tertiary/aromatic N) is 2. The lowest BCUT2D eigenvalue weighted by Gasteiger charge is -2.48. The fourth-order valence-corrected chi connectivity index (χ4v) is 4.93. The Balaban J connectivity index is 1.51. The van der Waals surface area contributed by atoms with Crippen LogP contribution in [0.15, 0.2) is 33.5 Å². The van der Waals surface area contributed by atoms with Gasteiger partial charge in [-0.2, -0.15) is 0 Å². The average Bonchev–Trinajstić information content (AvgIpc) is 2.66. The van der Waals surface area contributed by atoms with Crippen molar-refractivity contribution in [2.24, 2.45) is 5.41 Å². The number of fused-ring (bicyclic) bond motifs is 1. The summed E-state index contributed by atoms with van der Waals surface area (Å²) in [6.45, 7) is 6.65. The van der Waals surface area contributed by atoms with Gasteiger partial charge in [0.1, 0.15) is 16.9 Å². The molecule has 4 rings (SSSR count). The monoisotopic (exact) mass is 414 g/mol. The van der Waals surface area contributed by atoms with Gasteiger partial charge in [0.2, 0.25) is 0 Å². The van der Waals surface area contributed by atoms with Gasteiger partial charge in [-0.25, -0.2) is 4.79 Å². The quantitative estimate of drug-likeness (QED) is 0.777. The predicted octanol–water partition coefficient (Wildman–Crippen LogP) is 2.50. The lowest BCUT2D eigenvalue weighted by molar-refractivity contribution is -0.0287. The van der Waals surface area contributed by atoms with E-state index in [4.69, 9.17) is 9.15 Å². The fourth-order valence-electron chi connectivity index (χ4n) is 4.93. The Kier molecular flexibility index (Phi) is 5.59. The second kappa shape index (κ2) is 8.04. The zero-order valence-electron chi connectivity index (χ0n) is 17.9. The number of β-amino-alcohol motifs (C(OH)–C–C–N with tert-alkyl or cyclic N) is 1. The molecule has 1 amide bonds. The summed E-state index contributed by atoms with van der Waals surface area (Å²) in [6.07, 6.45) is 2.13. The molecule has 2 saturated heterocycles. The summed E-state index contributed by atoms with van der Waals surface area (Å²) < 4.78 is 11.1. The van der Waals surface area contributed by atoms with Gasteiger partial charge in [-0.15, -0.1) is 0 Å². The van der Waals surface area contributed by atoms with Crippen molar-refractivity contribution in [1.82, 2.24) is 9.80 Å². The molecular weight excluding hydrogens is 384 g/mol. The number of likely N-dealkylation sites (N-methyl/N-ethyl adjacent to an activating group) is 1. The predicted molar refractivity (Wildman–Crippen MR) is 114 cm³/mol. The molecule has 3 heterocycles. The zero-order valence-corrected chi connectivity index (χ0v) is 17.9. The smallest absolute Gasteiger partial charge is 0.349 e. The van der Waals surface area contributed by atoms with Crippen molar-refractivity contribution in [3.05, 3.63) is 40.2 Å². The normalized spacial score (nSPS) is 22.0. The molecule has 1 atom stereocenters. The standard InChI is InChI=1S/C23H30N2O5/c1-15(2)29-18-5-4-16-10-19(22(28)30-20(16)11-18)21(27)25-8-6-23(7-9-25)12-17(26)13-24(3)14-23/h4-5,10-11,15,17,26H,6-9,12-14H2,1-3H3. The lowest BCUT2D eigenvalue weighted by Crippen LogP contribution is -2.53. The molecule has 1 aromatic heterocycles. The first-order chi connectivity index (χ1) is 14.2. The molecule has 7 heteroatoms. The van der Waals surface area contributed by atoms with E-state index in [9.17, 15) is 14.7 Å². The molecule has 2 aliphatic rings. The molecule has 162 valence electrons. The lowest BCUT2D eigenvalue weighted by atomic mass is 9.71. The largest absolute Gasteiger partial charge is 0.491 e. The number of likely N-dealkylation sites (tertiary alicyclic amines) is 2. The second-order valence-corrected chi connectivity index (χ2v) is 9.16. The molecule has 0 aliphatic carbocycles. The van der Waals surface area contributed by atoms with Crippen LogP contribution in [0.4, 0.5) is 0 Å². The Hall–Kier alpha value is -2.38. The Morgan fingerprint density at radius 2 is 2.00 bits per heavy atom. The maximum absolute atomic E-state index is 13.1. The number of carbonyl (C=O) groups excluding carboxylic acids is 1. The van der Waals surface area contributed by atoms with E-state index in [0.717, 1.165) is 25.8 Å². The highest BCUT2D eigenvalue weighted by atomic mass is 16.5. The summed E-state index contributed by atoms with van der Waals surface area (Å²) in [5.74, 6) is 0.341. The van der Waals surface area contributed by atoms with E-state index in [1.807, 2.05) is 27.0 Å². The van der Waals surface area contributed by atoms with E-state index in [0.29, 0.717) is 36.4 Å². The van der Waals surface area contributed by atoms with Gasteiger partial charge in [0.15, 0.2) is 0 Å². The highest BCUT2D eigenvalue weighted by molar-refractivity contribution is 5.96. The summed E-state index contributed by atoms with van der Waals surface area (Å²) in [7, 11) is 2.03. The number of piperidine rings is 2. The van der Waals surface area contributed by atoms with E-state index in [2.05, 4.69) is 4.90 Å². The van der Waals surface area contributed by atoms with Crippen LogP contribution < -0.4 is 10.4 Å². The third kappa shape index (κ3) is 4.23. The number of aliphatic hydroxyl groups excluding tert-OH is 1. The number of rotatable bonds is 3. The molecule has 1 spiro atoms. The third-order valence-corrected chi connectivity index (χ3v) is 6.22. The van der Waals surface area contributed by atoms with Crippen molar-refractivity contribution in [3.8, 4) is 5.75 Å². The van der Waals surface area contributed by atoms with Crippen molar-refractivity contribution in [1.29, 1.82) is 0 Å². The molecular formula is C23H30N2O5. The number of aliphatic hydroxyl groups is 1. The van der Waals surface area contributed by atoms with Crippen molar-refractivity contribution >= 4 is 16.9 Å². The van der Waals surface area contributed by atoms with Gasteiger partial charge >= 0.3 is 5.63 Å². The molecule has 2 fully saturated rings. The summed E-state index contributed by atoms with van der Waals surface area (Å²) in [5.41, 5.74) is -0.102. The minimum Gasteiger partial charge on any atom is -0.491 e.